The Morgan fingerprint density at radius 3 is 1.51 bits per heavy atom. The summed E-state index contributed by atoms with van der Waals surface area (Å²) < 4.78 is 11.3. The minimum Gasteiger partial charge on any atom is -0.449 e. The number of aliphatic hydroxyl groups is 1. The molecule has 2 aromatic carbocycles. The van der Waals surface area contributed by atoms with E-state index in [1.54, 1.807) is 48.5 Å². The molecule has 614 valence electrons. The Balaban J connectivity index is 1.70. The molecule has 1 aliphatic heterocycles. The topological polar surface area (TPSA) is 319 Å². The van der Waals surface area contributed by atoms with Crippen molar-refractivity contribution in [1.29, 1.82) is 0 Å². The van der Waals surface area contributed by atoms with E-state index in [2.05, 4.69) is 28.1 Å². The van der Waals surface area contributed by atoms with Crippen molar-refractivity contribution >= 4 is 76.6 Å². The number of alkyl carbamates (subject to hydrolysis) is 1. The quantitative estimate of drug-likeness (QED) is 0.0568. The van der Waals surface area contributed by atoms with E-state index in [4.69, 9.17) is 9.47 Å². The molecule has 0 saturated carbocycles. The number of carbonyl (C=O) groups excluding carboxylic acids is 13. The summed E-state index contributed by atoms with van der Waals surface area (Å²) in [6, 6.07) is 7.46. The number of hydrogen-bond acceptors (Lipinski definition) is 16. The number of carbonyl (C=O) groups is 13. The van der Waals surface area contributed by atoms with Crippen molar-refractivity contribution in [3.05, 3.63) is 71.8 Å². The van der Waals surface area contributed by atoms with Gasteiger partial charge in [-0.05, 0) is 115 Å². The van der Waals surface area contributed by atoms with Gasteiger partial charge in [-0.3, -0.25) is 57.5 Å². The summed E-state index contributed by atoms with van der Waals surface area (Å²) in [5.41, 5.74) is 4.41. The van der Waals surface area contributed by atoms with E-state index in [-0.39, 0.29) is 114 Å². The number of Topliss-reactive ketones (excluding diaryl/α,β-unsaturated/α-hetero) is 3. The lowest BCUT2D eigenvalue weighted by Gasteiger charge is -2.41. The highest BCUT2D eigenvalue weighted by Crippen LogP contribution is 2.44. The summed E-state index contributed by atoms with van der Waals surface area (Å²) in [6.45, 7) is 28.5. The summed E-state index contributed by atoms with van der Waals surface area (Å²) >= 11 is 0. The summed E-state index contributed by atoms with van der Waals surface area (Å²) in [5.74, 6) is -12.7. The maximum atomic E-state index is 15.5. The first-order valence-electron chi connectivity index (χ1n) is 39.5. The molecule has 10 amide bonds. The minimum absolute atomic E-state index is 0.00703. The lowest BCUT2D eigenvalue weighted by Crippen LogP contribution is -2.61. The number of nitrogens with one attached hydrogen (secondary N) is 3. The van der Waals surface area contributed by atoms with Crippen molar-refractivity contribution in [2.45, 2.75) is 223 Å². The van der Waals surface area contributed by atoms with E-state index in [1.165, 1.54) is 92.9 Å². The third kappa shape index (κ3) is 26.1. The van der Waals surface area contributed by atoms with E-state index >= 15 is 19.2 Å². The molecule has 4 N–H and O–H groups in total. The zero-order chi connectivity index (χ0) is 83.0. The van der Waals surface area contributed by atoms with Crippen LogP contribution in [-0.2, 0) is 67.0 Å². The van der Waals surface area contributed by atoms with Crippen molar-refractivity contribution in [3.8, 4) is 11.1 Å². The molecule has 1 saturated heterocycles. The van der Waals surface area contributed by atoms with Gasteiger partial charge < -0.3 is 64.8 Å². The lowest BCUT2D eigenvalue weighted by molar-refractivity contribution is -0.157. The highest BCUT2D eigenvalue weighted by atomic mass is 16.5. The number of rotatable bonds is 24. The van der Waals surface area contributed by atoms with Crippen molar-refractivity contribution < 1.29 is 76.9 Å². The van der Waals surface area contributed by atoms with Crippen LogP contribution in [0.3, 0.4) is 0 Å². The van der Waals surface area contributed by atoms with Crippen LogP contribution >= 0.6 is 0 Å². The maximum Gasteiger partial charge on any atom is 0.407 e. The van der Waals surface area contributed by atoms with E-state index in [9.17, 15) is 48.3 Å². The minimum atomic E-state index is -1.67. The Morgan fingerprint density at radius 2 is 1.00 bits per heavy atom. The molecule has 2 aromatic rings. The molecule has 110 heavy (non-hydrogen) atoms. The number of nitrogens with zero attached hydrogens (tertiary/aromatic N) is 7. The zero-order valence-electron chi connectivity index (χ0n) is 70.1. The molecule has 0 unspecified atom stereocenters. The van der Waals surface area contributed by atoms with Gasteiger partial charge in [0, 0.05) is 105 Å². The molecule has 1 aliphatic carbocycles. The Morgan fingerprint density at radius 1 is 0.536 bits per heavy atom. The Kier molecular flexibility index (Phi) is 37.6. The highest BCUT2D eigenvalue weighted by molar-refractivity contribution is 6.00. The third-order valence-electron chi connectivity index (χ3n) is 21.5. The van der Waals surface area contributed by atoms with Gasteiger partial charge >= 0.3 is 6.09 Å². The summed E-state index contributed by atoms with van der Waals surface area (Å²) in [6.07, 6.45) is 0.152. The first-order chi connectivity index (χ1) is 51.5. The molecular formula is C84H132N10O16. The standard InChI is InChI=1S/C84H132N10O16/c1-24-58-45-71(97)75(76(100)55(14)30-29-35-72(98)85-36-38-109-39-37-86-84(108)110-48-64-61-33-27-25-31-59(61)60-32-26-28-34-62(60)64)94(23)83(107)74(54(12)13)93(22)82(106)68(43-52(8)9)92(21)81(105)67(42-51(6)7)91(20)78(102)57(16)87-77(101)56(15)44-69(95)66(41-50(4)5)90(19)80(104)63(53(10)11)46-70(96)65(40-49(2)3)89(18)73(99)47-88(17)79(58)103/h25-29,31-35,49-58,63-68,74-76,100H,24,30,36-48H2,1-23H3,(H,85,98)(H,86,108)(H,87,101)/b35-29+/t55-,56-,57-,58-,63+,65+,66+,67+,68+,74+,75-,76-/m1/s1. The van der Waals surface area contributed by atoms with E-state index in [1.807, 2.05) is 91.8 Å². The van der Waals surface area contributed by atoms with E-state index in [0.717, 1.165) is 32.1 Å². The van der Waals surface area contributed by atoms with Gasteiger partial charge in [-0.1, -0.05) is 158 Å². The number of amides is 10. The fourth-order valence-electron chi connectivity index (χ4n) is 14.8. The molecule has 26 nitrogen and oxygen atoms in total. The van der Waals surface area contributed by atoms with E-state index in [0.29, 0.717) is 0 Å². The van der Waals surface area contributed by atoms with Crippen LogP contribution in [0.5, 0.6) is 0 Å². The van der Waals surface area contributed by atoms with Gasteiger partial charge in [-0.2, -0.15) is 0 Å². The second kappa shape index (κ2) is 44.0. The number of fused-ring (bicyclic) bond motifs is 3. The van der Waals surface area contributed by atoms with Gasteiger partial charge in [0.2, 0.25) is 53.2 Å². The van der Waals surface area contributed by atoms with Crippen LogP contribution < -0.4 is 16.0 Å². The summed E-state index contributed by atoms with van der Waals surface area (Å²) in [5, 5.41) is 20.7. The van der Waals surface area contributed by atoms with Gasteiger partial charge in [0.25, 0.3) is 0 Å². The first-order valence-corrected chi connectivity index (χ1v) is 39.5. The lowest BCUT2D eigenvalue weighted by atomic mass is 9.84. The number of hydrogen-bond donors (Lipinski definition) is 4. The van der Waals surface area contributed by atoms with Gasteiger partial charge in [0.1, 0.15) is 36.8 Å². The number of allylic oxidation sites excluding steroid dienone is 1. The average molecular weight is 1540 g/mol. The van der Waals surface area contributed by atoms with Crippen LogP contribution in [0.1, 0.15) is 186 Å². The number of aliphatic hydroxyl groups excluding tert-OH is 1. The largest absolute Gasteiger partial charge is 0.449 e. The third-order valence-corrected chi connectivity index (χ3v) is 21.5. The average Bonchev–Trinajstić information content (AvgIpc) is 1.09. The molecule has 1 fully saturated rings. The number of ketones is 3. The van der Waals surface area contributed by atoms with Crippen LogP contribution in [0.25, 0.3) is 11.1 Å². The van der Waals surface area contributed by atoms with Crippen LogP contribution in [-0.4, -0.2) is 253 Å². The Hall–Kier alpha value is -8.39. The normalized spacial score (nSPS) is 23.9. The second-order valence-corrected chi connectivity index (χ2v) is 33.0. The zero-order valence-corrected chi connectivity index (χ0v) is 70.1. The number of likely N-dealkylation sites (N-methyl/N-ethyl adjacent to an activating group) is 7. The Labute approximate surface area is 654 Å². The van der Waals surface area contributed by atoms with Crippen molar-refractivity contribution in [2.75, 3.05) is 88.8 Å². The van der Waals surface area contributed by atoms with Crippen LogP contribution in [0, 0.1) is 59.2 Å². The number of ether oxygens (including phenoxy) is 2. The van der Waals surface area contributed by atoms with Gasteiger partial charge in [-0.15, -0.1) is 0 Å². The smallest absolute Gasteiger partial charge is 0.407 e. The Bertz CT molecular complexity index is 3470. The molecule has 0 aromatic heterocycles. The molecular weight excluding hydrogens is 1400 g/mol. The second-order valence-electron chi connectivity index (χ2n) is 33.0. The van der Waals surface area contributed by atoms with Gasteiger partial charge in [0.05, 0.1) is 37.9 Å². The molecule has 12 atom stereocenters. The van der Waals surface area contributed by atoms with Crippen molar-refractivity contribution in [2.24, 2.45) is 59.2 Å². The predicted molar refractivity (Wildman–Crippen MR) is 423 cm³/mol. The van der Waals surface area contributed by atoms with Crippen molar-refractivity contribution in [1.82, 2.24) is 50.2 Å². The molecule has 26 heteroatoms. The number of benzene rings is 2. The van der Waals surface area contributed by atoms with Crippen molar-refractivity contribution in [3.63, 3.8) is 0 Å². The maximum absolute atomic E-state index is 15.5. The SMILES string of the molecule is CC[C@@H]1CC(=O)[C@H]([C@H](O)[C@H](C)C/C=C/C(=O)NCCOCCNC(=O)OCC2c3ccccc3-c3ccccc32)N(C)C(=O)[C@H](C(C)C)N(C)C(=O)[C@H](CC(C)C)N(C)C(=O)[C@H](CC(C)C)N(C)C(=O)[C@@H](C)NC(=O)[C@H](C)CC(=O)[C@H](CC(C)C)N(C)C(=O)[C@H](C(C)C)CC(=O)[C@H](CC(C)C)N(C)C(=O)CN(C)C1=O. The first kappa shape index (κ1) is 94.0. The molecule has 4 rings (SSSR count). The van der Waals surface area contributed by atoms with Crippen LogP contribution in [0.15, 0.2) is 60.7 Å². The molecule has 1 heterocycles. The fourth-order valence-corrected chi connectivity index (χ4v) is 14.8. The molecule has 2 aliphatic rings. The van der Waals surface area contributed by atoms with E-state index < -0.39 is 173 Å². The van der Waals surface area contributed by atoms with Crippen LogP contribution in [0.2, 0.25) is 0 Å². The molecule has 0 radical (unpaired) electrons. The summed E-state index contributed by atoms with van der Waals surface area (Å²) in [4.78, 5) is 198. The summed E-state index contributed by atoms with van der Waals surface area (Å²) in [7, 11) is 10.0. The van der Waals surface area contributed by atoms with Gasteiger partial charge in [0.15, 0.2) is 17.3 Å². The monoisotopic (exact) mass is 1540 g/mol. The molecule has 0 spiro atoms. The highest BCUT2D eigenvalue weighted by Gasteiger charge is 2.46. The van der Waals surface area contributed by atoms with Crippen LogP contribution in [0.4, 0.5) is 4.79 Å². The molecule has 0 bridgehead atoms. The van der Waals surface area contributed by atoms with Gasteiger partial charge in [-0.25, -0.2) is 4.79 Å². The fraction of sp³-hybridized carbons (Fsp3) is 0.679. The predicted octanol–water partition coefficient (Wildman–Crippen LogP) is 8.19.